The molecule has 6 nitrogen and oxygen atoms in total. The molecule has 2 aliphatic heterocycles. The van der Waals surface area contributed by atoms with Crippen LogP contribution in [0.15, 0.2) is 22.8 Å². The first kappa shape index (κ1) is 16.7. The number of terminal acetylenes is 1. The Morgan fingerprint density at radius 3 is 2.96 bits per heavy atom. The first-order valence-electron chi connectivity index (χ1n) is 8.86. The minimum atomic E-state index is -0.376. The van der Waals surface area contributed by atoms with Crippen LogP contribution in [0.3, 0.4) is 0 Å². The summed E-state index contributed by atoms with van der Waals surface area (Å²) in [6.45, 7) is 3.80. The summed E-state index contributed by atoms with van der Waals surface area (Å²) in [5, 5.41) is 8.26. The molecule has 1 saturated heterocycles. The maximum Gasteiger partial charge on any atom is 0.223 e. The van der Waals surface area contributed by atoms with Crippen LogP contribution in [-0.2, 0) is 11.3 Å². The van der Waals surface area contributed by atoms with E-state index in [4.69, 9.17) is 6.42 Å². The lowest BCUT2D eigenvalue weighted by molar-refractivity contribution is -0.135. The Bertz CT molecular complexity index is 651. The minimum Gasteiger partial charge on any atom is -0.334 e. The van der Waals surface area contributed by atoms with Crippen LogP contribution in [0.4, 0.5) is 0 Å². The summed E-state index contributed by atoms with van der Waals surface area (Å²) in [5.74, 6) is 2.82. The summed E-state index contributed by atoms with van der Waals surface area (Å²) in [5.41, 5.74) is 0.770. The van der Waals surface area contributed by atoms with Gasteiger partial charge >= 0.3 is 0 Å². The van der Waals surface area contributed by atoms with Crippen LogP contribution < -0.4 is 0 Å². The van der Waals surface area contributed by atoms with E-state index in [0.29, 0.717) is 19.3 Å². The summed E-state index contributed by atoms with van der Waals surface area (Å²) >= 11 is 0. The largest absolute Gasteiger partial charge is 0.334 e. The molecule has 128 valence electrons. The number of aryl methyl sites for hydroxylation is 1. The van der Waals surface area contributed by atoms with E-state index >= 15 is 0 Å². The summed E-state index contributed by atoms with van der Waals surface area (Å²) in [4.78, 5) is 19.1. The van der Waals surface area contributed by atoms with E-state index < -0.39 is 0 Å². The third-order valence-electron chi connectivity index (χ3n) is 5.04. The quantitative estimate of drug-likeness (QED) is 0.721. The lowest BCUT2D eigenvalue weighted by atomic mass is 9.97. The van der Waals surface area contributed by atoms with Crippen molar-refractivity contribution in [2.45, 2.75) is 70.1 Å². The molecule has 3 heterocycles. The van der Waals surface area contributed by atoms with E-state index in [1.165, 1.54) is 0 Å². The van der Waals surface area contributed by atoms with E-state index in [0.717, 1.165) is 44.5 Å². The van der Waals surface area contributed by atoms with Crippen molar-refractivity contribution in [3.8, 4) is 12.3 Å². The average Bonchev–Trinajstić information content (AvgIpc) is 3.23. The number of likely N-dealkylation sites (tertiary alicyclic amines) is 1. The molecule has 0 saturated carbocycles. The van der Waals surface area contributed by atoms with Crippen molar-refractivity contribution >= 4 is 5.91 Å². The number of hydrogen-bond donors (Lipinski definition) is 0. The van der Waals surface area contributed by atoms with Gasteiger partial charge < -0.3 is 9.47 Å². The lowest BCUT2D eigenvalue weighted by Crippen LogP contribution is -2.39. The fraction of sp³-hybridized carbons (Fsp3) is 0.667. The molecule has 3 rings (SSSR count). The standard InChI is InChI=1S/C18H25N5O/c1-3-5-10-18(20-21-18)11-9-17(24)23-12-7-6-8-15(23)16-13-19-14-22(16)4-2/h1,13-15H,4-12H2,2H3. The summed E-state index contributed by atoms with van der Waals surface area (Å²) in [6, 6.07) is 0.142. The number of nitrogens with zero attached hydrogens (tertiary/aromatic N) is 5. The van der Waals surface area contributed by atoms with Crippen LogP contribution in [0.2, 0.25) is 0 Å². The topological polar surface area (TPSA) is 62.9 Å². The zero-order chi connectivity index (χ0) is 17.0. The Labute approximate surface area is 143 Å². The van der Waals surface area contributed by atoms with Gasteiger partial charge in [-0.1, -0.05) is 0 Å². The van der Waals surface area contributed by atoms with Crippen molar-refractivity contribution in [2.24, 2.45) is 10.2 Å². The molecule has 2 aliphatic rings. The van der Waals surface area contributed by atoms with Crippen molar-refractivity contribution in [1.82, 2.24) is 14.5 Å². The van der Waals surface area contributed by atoms with Crippen LogP contribution in [-0.4, -0.2) is 32.6 Å². The Hall–Kier alpha value is -2.16. The van der Waals surface area contributed by atoms with E-state index in [2.05, 4.69) is 32.6 Å². The van der Waals surface area contributed by atoms with Gasteiger partial charge in [0.25, 0.3) is 0 Å². The highest BCUT2D eigenvalue weighted by Crippen LogP contribution is 2.38. The number of aromatic nitrogens is 2. The van der Waals surface area contributed by atoms with E-state index in [9.17, 15) is 4.79 Å². The van der Waals surface area contributed by atoms with Gasteiger partial charge in [0.2, 0.25) is 5.91 Å². The number of carbonyl (C=O) groups excluding carboxylic acids is 1. The molecule has 1 fully saturated rings. The molecule has 0 radical (unpaired) electrons. The molecule has 1 aromatic heterocycles. The summed E-state index contributed by atoms with van der Waals surface area (Å²) in [7, 11) is 0. The second-order valence-electron chi connectivity index (χ2n) is 6.59. The van der Waals surface area contributed by atoms with Gasteiger partial charge in [-0.25, -0.2) is 4.98 Å². The molecule has 0 aliphatic carbocycles. The second-order valence-corrected chi connectivity index (χ2v) is 6.59. The molecule has 1 aromatic rings. The van der Waals surface area contributed by atoms with Crippen LogP contribution in [0.5, 0.6) is 0 Å². The van der Waals surface area contributed by atoms with Crippen molar-refractivity contribution in [1.29, 1.82) is 0 Å². The highest BCUT2D eigenvalue weighted by Gasteiger charge is 2.40. The van der Waals surface area contributed by atoms with Gasteiger partial charge in [0, 0.05) is 38.8 Å². The lowest BCUT2D eigenvalue weighted by Gasteiger charge is -2.36. The Morgan fingerprint density at radius 1 is 1.42 bits per heavy atom. The number of amides is 1. The maximum atomic E-state index is 12.8. The first-order chi connectivity index (χ1) is 11.7. The fourth-order valence-corrected chi connectivity index (χ4v) is 3.53. The van der Waals surface area contributed by atoms with Crippen LogP contribution >= 0.6 is 0 Å². The van der Waals surface area contributed by atoms with Crippen LogP contribution in [0, 0.1) is 12.3 Å². The number of carbonyl (C=O) groups is 1. The van der Waals surface area contributed by atoms with Gasteiger partial charge in [-0.15, -0.1) is 12.3 Å². The Balaban J connectivity index is 1.63. The highest BCUT2D eigenvalue weighted by molar-refractivity contribution is 5.77. The van der Waals surface area contributed by atoms with E-state index in [1.54, 1.807) is 0 Å². The van der Waals surface area contributed by atoms with Crippen LogP contribution in [0.25, 0.3) is 0 Å². The zero-order valence-corrected chi connectivity index (χ0v) is 14.3. The smallest absolute Gasteiger partial charge is 0.223 e. The third-order valence-corrected chi connectivity index (χ3v) is 5.04. The molecule has 1 amide bonds. The molecule has 0 spiro atoms. The second kappa shape index (κ2) is 7.16. The molecule has 24 heavy (non-hydrogen) atoms. The minimum absolute atomic E-state index is 0.142. The molecule has 0 N–H and O–H groups in total. The molecule has 6 heteroatoms. The van der Waals surface area contributed by atoms with Crippen molar-refractivity contribution < 1.29 is 4.79 Å². The van der Waals surface area contributed by atoms with E-state index in [1.807, 2.05) is 17.4 Å². The van der Waals surface area contributed by atoms with Crippen molar-refractivity contribution in [3.63, 3.8) is 0 Å². The fourth-order valence-electron chi connectivity index (χ4n) is 3.53. The summed E-state index contributed by atoms with van der Waals surface area (Å²) in [6.07, 6.45) is 14.9. The van der Waals surface area contributed by atoms with Crippen molar-refractivity contribution in [3.05, 3.63) is 18.2 Å². The normalized spacial score (nSPS) is 21.5. The SMILES string of the molecule is C#CCCC1(CCC(=O)N2CCCCC2c2cncn2CC)N=N1. The number of rotatable bonds is 7. The van der Waals surface area contributed by atoms with Crippen LogP contribution in [0.1, 0.15) is 63.6 Å². The Kier molecular flexibility index (Phi) is 4.98. The molecule has 0 aromatic carbocycles. The molecule has 0 bridgehead atoms. The monoisotopic (exact) mass is 327 g/mol. The van der Waals surface area contributed by atoms with Crippen molar-refractivity contribution in [2.75, 3.05) is 6.54 Å². The third kappa shape index (κ3) is 3.50. The number of imidazole rings is 1. The Morgan fingerprint density at radius 2 is 2.25 bits per heavy atom. The summed E-state index contributed by atoms with van der Waals surface area (Å²) < 4.78 is 2.14. The molecular weight excluding hydrogens is 302 g/mol. The van der Waals surface area contributed by atoms with Gasteiger partial charge in [0.15, 0.2) is 5.66 Å². The van der Waals surface area contributed by atoms with Gasteiger partial charge in [0.05, 0.1) is 24.3 Å². The predicted molar refractivity (Wildman–Crippen MR) is 91.1 cm³/mol. The molecular formula is C18H25N5O. The van der Waals surface area contributed by atoms with Gasteiger partial charge in [0.1, 0.15) is 0 Å². The highest BCUT2D eigenvalue weighted by atomic mass is 16.2. The van der Waals surface area contributed by atoms with E-state index in [-0.39, 0.29) is 17.6 Å². The molecule has 1 unspecified atom stereocenters. The predicted octanol–water partition coefficient (Wildman–Crippen LogP) is 3.31. The maximum absolute atomic E-state index is 12.8. The van der Waals surface area contributed by atoms with Gasteiger partial charge in [-0.05, 0) is 26.2 Å². The van der Waals surface area contributed by atoms with Gasteiger partial charge in [-0.3, -0.25) is 4.79 Å². The van der Waals surface area contributed by atoms with Gasteiger partial charge in [-0.2, -0.15) is 10.2 Å². The zero-order valence-electron chi connectivity index (χ0n) is 14.3. The average molecular weight is 327 g/mol. The molecule has 1 atom stereocenters. The number of piperidine rings is 1. The first-order valence-corrected chi connectivity index (χ1v) is 8.86. The number of hydrogen-bond acceptors (Lipinski definition) is 4.